The number of aliphatic hydroxyl groups excluding tert-OH is 1. The van der Waals surface area contributed by atoms with E-state index in [9.17, 15) is 43.8 Å². The van der Waals surface area contributed by atoms with Crippen molar-refractivity contribution in [3.05, 3.63) is 18.2 Å². The number of carboxylic acid groups (broad SMARTS) is 2. The van der Waals surface area contributed by atoms with E-state index in [2.05, 4.69) is 30.9 Å². The molecule has 1 aromatic heterocycles. The third-order valence-electron chi connectivity index (χ3n) is 6.55. The normalized spacial score (nSPS) is 14.6. The molecule has 0 spiro atoms. The molecule has 47 heavy (non-hydrogen) atoms. The number of primary amides is 1. The Morgan fingerprint density at radius 3 is 1.85 bits per heavy atom. The number of imidazole rings is 1. The number of carbonyl (C=O) groups is 7. The van der Waals surface area contributed by atoms with Gasteiger partial charge in [-0.05, 0) is 32.6 Å². The van der Waals surface area contributed by atoms with Crippen LogP contribution in [0.1, 0.15) is 51.1 Å². The van der Waals surface area contributed by atoms with Gasteiger partial charge in [0, 0.05) is 37.7 Å². The molecule has 0 saturated heterocycles. The van der Waals surface area contributed by atoms with Crippen LogP contribution in [-0.4, -0.2) is 116 Å². The molecule has 0 saturated carbocycles. The van der Waals surface area contributed by atoms with E-state index >= 15 is 0 Å². The predicted octanol–water partition coefficient (Wildman–Crippen LogP) is -5.13. The van der Waals surface area contributed by atoms with Crippen LogP contribution >= 0.6 is 0 Å². The molecule has 0 unspecified atom stereocenters. The van der Waals surface area contributed by atoms with Crippen molar-refractivity contribution in [3.8, 4) is 0 Å². The van der Waals surface area contributed by atoms with Gasteiger partial charge in [-0.1, -0.05) is 0 Å². The second-order valence-electron chi connectivity index (χ2n) is 10.5. The summed E-state index contributed by atoms with van der Waals surface area (Å²) in [7, 11) is 0. The molecule has 1 aromatic rings. The van der Waals surface area contributed by atoms with E-state index in [-0.39, 0.29) is 38.2 Å². The maximum atomic E-state index is 13.4. The smallest absolute Gasteiger partial charge is 0.328 e. The molecule has 21 heteroatoms. The van der Waals surface area contributed by atoms with Crippen LogP contribution in [0, 0.1) is 0 Å². The van der Waals surface area contributed by atoms with Gasteiger partial charge in [0.1, 0.15) is 18.1 Å². The van der Waals surface area contributed by atoms with E-state index in [1.807, 2.05) is 5.32 Å². The van der Waals surface area contributed by atoms with E-state index in [0.29, 0.717) is 5.69 Å². The molecular formula is C26H43N11O10. The topological polar surface area (TPSA) is 373 Å². The van der Waals surface area contributed by atoms with E-state index in [1.54, 1.807) is 0 Å². The zero-order valence-corrected chi connectivity index (χ0v) is 25.7. The molecule has 16 N–H and O–H groups in total. The number of carboxylic acids is 2. The summed E-state index contributed by atoms with van der Waals surface area (Å²) < 4.78 is 0. The van der Waals surface area contributed by atoms with Crippen LogP contribution < -0.4 is 44.2 Å². The Morgan fingerprint density at radius 1 is 0.851 bits per heavy atom. The van der Waals surface area contributed by atoms with Gasteiger partial charge in [-0.2, -0.15) is 0 Å². The van der Waals surface area contributed by atoms with E-state index < -0.39 is 97.1 Å². The molecule has 0 fully saturated rings. The van der Waals surface area contributed by atoms with Crippen LogP contribution in [0.2, 0.25) is 0 Å². The number of nitrogens with two attached hydrogens (primary N) is 4. The van der Waals surface area contributed by atoms with Gasteiger partial charge in [0.2, 0.25) is 29.5 Å². The summed E-state index contributed by atoms with van der Waals surface area (Å²) in [5.74, 6) is -7.80. The fraction of sp³-hybridized carbons (Fsp3) is 0.577. The number of amides is 5. The van der Waals surface area contributed by atoms with Crippen molar-refractivity contribution in [2.24, 2.45) is 27.9 Å². The second-order valence-corrected chi connectivity index (χ2v) is 10.5. The van der Waals surface area contributed by atoms with Crippen LogP contribution in [0.3, 0.4) is 0 Å². The highest BCUT2D eigenvalue weighted by atomic mass is 16.4. The van der Waals surface area contributed by atoms with Crippen LogP contribution in [0.15, 0.2) is 17.5 Å². The Labute approximate surface area is 268 Å². The first-order chi connectivity index (χ1) is 22.0. The maximum Gasteiger partial charge on any atom is 0.328 e. The summed E-state index contributed by atoms with van der Waals surface area (Å²) in [5, 5.41) is 37.3. The number of hydrogen-bond donors (Lipinski definition) is 12. The summed E-state index contributed by atoms with van der Waals surface area (Å²) in [5.41, 5.74) is 22.4. The number of rotatable bonds is 22. The summed E-state index contributed by atoms with van der Waals surface area (Å²) in [6.45, 7) is 1.17. The highest BCUT2D eigenvalue weighted by Crippen LogP contribution is 2.07. The van der Waals surface area contributed by atoms with Gasteiger partial charge in [0.15, 0.2) is 12.0 Å². The first kappa shape index (κ1) is 39.7. The highest BCUT2D eigenvalue weighted by molar-refractivity contribution is 5.96. The van der Waals surface area contributed by atoms with Crippen LogP contribution in [0.25, 0.3) is 0 Å². The molecule has 0 bridgehead atoms. The Balaban J connectivity index is 3.22. The van der Waals surface area contributed by atoms with Crippen molar-refractivity contribution in [1.82, 2.24) is 31.2 Å². The minimum absolute atomic E-state index is 0.0329. The van der Waals surface area contributed by atoms with Crippen molar-refractivity contribution < 1.29 is 48.9 Å². The number of aliphatic hydroxyl groups is 1. The lowest BCUT2D eigenvalue weighted by atomic mass is 10.0. The van der Waals surface area contributed by atoms with Gasteiger partial charge in [0.25, 0.3) is 0 Å². The number of aliphatic carboxylic acids is 2. The SMILES string of the molecule is C[C@@H](O)[C@H](NC(=O)[C@H](CCC(=O)O)NC(=O)[C@H](CCC(N)=O)NC(=O)[C@H](CCCN=C(N)N)NC(=O)[C@@H](N)Cc1cnc[nH]1)C(=O)O. The summed E-state index contributed by atoms with van der Waals surface area (Å²) in [4.78, 5) is 97.2. The molecule has 0 radical (unpaired) electrons. The third kappa shape index (κ3) is 15.5. The van der Waals surface area contributed by atoms with Gasteiger partial charge < -0.3 is 64.5 Å². The Hall–Kier alpha value is -5.31. The van der Waals surface area contributed by atoms with Crippen molar-refractivity contribution in [2.45, 2.75) is 88.2 Å². The zero-order chi connectivity index (χ0) is 35.7. The summed E-state index contributed by atoms with van der Waals surface area (Å²) in [6, 6.07) is -7.37. The number of nitrogens with zero attached hydrogens (tertiary/aromatic N) is 2. The average molecular weight is 670 g/mol. The van der Waals surface area contributed by atoms with Crippen molar-refractivity contribution >= 4 is 47.4 Å². The molecule has 1 rings (SSSR count). The lowest BCUT2D eigenvalue weighted by Gasteiger charge is -2.26. The van der Waals surface area contributed by atoms with Crippen LogP contribution in [0.4, 0.5) is 0 Å². The Bertz CT molecular complexity index is 1270. The number of H-pyrrole nitrogens is 1. The minimum Gasteiger partial charge on any atom is -0.481 e. The predicted molar refractivity (Wildman–Crippen MR) is 163 cm³/mol. The molecule has 6 atom stereocenters. The van der Waals surface area contributed by atoms with Gasteiger partial charge in [-0.3, -0.25) is 33.8 Å². The van der Waals surface area contributed by atoms with Crippen molar-refractivity contribution in [3.63, 3.8) is 0 Å². The van der Waals surface area contributed by atoms with Crippen LogP contribution in [-0.2, 0) is 40.0 Å². The van der Waals surface area contributed by atoms with Crippen LogP contribution in [0.5, 0.6) is 0 Å². The second kappa shape index (κ2) is 19.9. The van der Waals surface area contributed by atoms with Gasteiger partial charge in [-0.25, -0.2) is 9.78 Å². The van der Waals surface area contributed by atoms with Gasteiger partial charge >= 0.3 is 11.9 Å². The summed E-state index contributed by atoms with van der Waals surface area (Å²) >= 11 is 0. The molecule has 262 valence electrons. The Kier molecular flexibility index (Phi) is 16.9. The first-order valence-electron chi connectivity index (χ1n) is 14.4. The van der Waals surface area contributed by atoms with E-state index in [4.69, 9.17) is 28.0 Å². The lowest BCUT2D eigenvalue weighted by molar-refractivity contribution is -0.145. The fourth-order valence-corrected chi connectivity index (χ4v) is 4.06. The Morgan fingerprint density at radius 2 is 1.38 bits per heavy atom. The molecule has 0 aliphatic rings. The van der Waals surface area contributed by atoms with Gasteiger partial charge in [-0.15, -0.1) is 0 Å². The largest absolute Gasteiger partial charge is 0.481 e. The number of aromatic amines is 1. The fourth-order valence-electron chi connectivity index (χ4n) is 4.06. The number of nitrogens with one attached hydrogen (secondary N) is 5. The number of aromatic nitrogens is 2. The highest BCUT2D eigenvalue weighted by Gasteiger charge is 2.33. The van der Waals surface area contributed by atoms with Gasteiger partial charge in [0.05, 0.1) is 18.5 Å². The molecule has 5 amide bonds. The number of hydrogen-bond acceptors (Lipinski definition) is 11. The summed E-state index contributed by atoms with van der Waals surface area (Å²) in [6.07, 6.45) is -0.417. The van der Waals surface area contributed by atoms with Crippen molar-refractivity contribution in [2.75, 3.05) is 6.54 Å². The number of aliphatic imine (C=N–C) groups is 1. The van der Waals surface area contributed by atoms with E-state index in [0.717, 1.165) is 6.92 Å². The lowest BCUT2D eigenvalue weighted by Crippen LogP contribution is -2.59. The molecular weight excluding hydrogens is 626 g/mol. The number of carbonyl (C=O) groups excluding carboxylic acids is 5. The quantitative estimate of drug-likeness (QED) is 0.0312. The monoisotopic (exact) mass is 669 g/mol. The zero-order valence-electron chi connectivity index (χ0n) is 25.7. The third-order valence-corrected chi connectivity index (χ3v) is 6.55. The van der Waals surface area contributed by atoms with E-state index in [1.165, 1.54) is 12.5 Å². The first-order valence-corrected chi connectivity index (χ1v) is 14.4. The molecule has 21 nitrogen and oxygen atoms in total. The minimum atomic E-state index is -1.79. The molecule has 0 aromatic carbocycles. The number of guanidine groups is 1. The standard InChI is InChI=1S/C26H43N11O10/c1-12(38)20(25(46)47)37-24(45)17(5-7-19(40)41)36-23(44)16(4-6-18(28)39)35-22(43)15(3-2-8-32-26(29)30)34-21(42)14(27)9-13-10-31-11-33-13/h10-12,14-17,20,38H,2-9,27H2,1H3,(H2,28,39)(H,31,33)(H,34,42)(H,35,43)(H,36,44)(H,37,45)(H,40,41)(H,46,47)(H4,29,30,32)/t12-,14+,15+,16+,17+,20+/m1/s1. The molecule has 0 aliphatic heterocycles. The maximum absolute atomic E-state index is 13.4. The molecule has 0 aliphatic carbocycles. The molecule has 1 heterocycles. The average Bonchev–Trinajstić information content (AvgIpc) is 3.49. The van der Waals surface area contributed by atoms with Crippen molar-refractivity contribution in [1.29, 1.82) is 0 Å².